The van der Waals surface area contributed by atoms with Crippen molar-refractivity contribution in [3.8, 4) is 0 Å². The zero-order chi connectivity index (χ0) is 29.2. The molecule has 0 aliphatic rings. The van der Waals surface area contributed by atoms with Crippen LogP contribution in [0.25, 0.3) is 0 Å². The number of rotatable bonds is 33. The Bertz CT molecular complexity index is 538. The van der Waals surface area contributed by atoms with Crippen molar-refractivity contribution in [3.05, 3.63) is 25.0 Å². The van der Waals surface area contributed by atoms with Crippen LogP contribution in [0.15, 0.2) is 25.0 Å². The summed E-state index contributed by atoms with van der Waals surface area (Å²) in [6, 6.07) is 0. The van der Waals surface area contributed by atoms with Crippen LogP contribution >= 0.6 is 0 Å². The van der Waals surface area contributed by atoms with E-state index in [2.05, 4.69) is 32.6 Å². The number of hydrogen-bond acceptors (Lipinski definition) is 2. The Balaban J connectivity index is 3.68. The molecule has 0 heterocycles. The smallest absolute Gasteiger partial charge is 0.317 e. The molecule has 0 amide bonds. The maximum Gasteiger partial charge on any atom is 0.317 e. The van der Waals surface area contributed by atoms with E-state index in [1.807, 2.05) is 0 Å². The molecular weight excluding hydrogens is 488 g/mol. The van der Waals surface area contributed by atoms with Gasteiger partial charge in [-0.15, -0.1) is 0 Å². The van der Waals surface area contributed by atoms with E-state index in [1.54, 1.807) is 0 Å². The SMILES string of the molecule is C=COC(=O)C(/C=C/CCCCCCCCCCCCCCCC)CCCCCCCCCCCCCCCC. The minimum atomic E-state index is -0.137. The van der Waals surface area contributed by atoms with E-state index in [1.165, 1.54) is 180 Å². The van der Waals surface area contributed by atoms with Gasteiger partial charge in [0.15, 0.2) is 0 Å². The van der Waals surface area contributed by atoms with Crippen molar-refractivity contribution in [2.24, 2.45) is 5.92 Å². The molecule has 0 radical (unpaired) electrons. The van der Waals surface area contributed by atoms with Gasteiger partial charge in [0, 0.05) is 0 Å². The predicted molar refractivity (Wildman–Crippen MR) is 179 cm³/mol. The lowest BCUT2D eigenvalue weighted by Crippen LogP contribution is -2.13. The van der Waals surface area contributed by atoms with E-state index in [4.69, 9.17) is 4.74 Å². The second-order valence-electron chi connectivity index (χ2n) is 12.4. The molecule has 40 heavy (non-hydrogen) atoms. The number of carbonyl (C=O) groups is 1. The third-order valence-corrected chi connectivity index (χ3v) is 8.46. The largest absolute Gasteiger partial charge is 0.435 e. The third kappa shape index (κ3) is 29.9. The van der Waals surface area contributed by atoms with Gasteiger partial charge in [-0.2, -0.15) is 0 Å². The van der Waals surface area contributed by atoms with Crippen molar-refractivity contribution in [1.82, 2.24) is 0 Å². The highest BCUT2D eigenvalue weighted by Gasteiger charge is 2.15. The van der Waals surface area contributed by atoms with Gasteiger partial charge in [-0.3, -0.25) is 4.79 Å². The van der Waals surface area contributed by atoms with E-state index in [9.17, 15) is 4.79 Å². The molecule has 1 atom stereocenters. The molecule has 236 valence electrons. The summed E-state index contributed by atoms with van der Waals surface area (Å²) in [7, 11) is 0. The molecule has 0 aromatic heterocycles. The van der Waals surface area contributed by atoms with Crippen LogP contribution in [0.1, 0.15) is 206 Å². The maximum absolute atomic E-state index is 12.4. The number of ether oxygens (including phenoxy) is 1. The molecule has 0 aromatic rings. The highest BCUT2D eigenvalue weighted by atomic mass is 16.5. The lowest BCUT2D eigenvalue weighted by atomic mass is 9.98. The maximum atomic E-state index is 12.4. The molecule has 1 unspecified atom stereocenters. The van der Waals surface area contributed by atoms with Crippen LogP contribution in [0.3, 0.4) is 0 Å². The lowest BCUT2D eigenvalue weighted by molar-refractivity contribution is -0.141. The van der Waals surface area contributed by atoms with Gasteiger partial charge in [0.25, 0.3) is 0 Å². The highest BCUT2D eigenvalue weighted by Crippen LogP contribution is 2.18. The van der Waals surface area contributed by atoms with Crippen LogP contribution in [-0.2, 0) is 9.53 Å². The van der Waals surface area contributed by atoms with E-state index < -0.39 is 0 Å². The van der Waals surface area contributed by atoms with Gasteiger partial charge in [-0.25, -0.2) is 0 Å². The molecule has 0 spiro atoms. The van der Waals surface area contributed by atoms with Crippen molar-refractivity contribution < 1.29 is 9.53 Å². The topological polar surface area (TPSA) is 26.3 Å². The van der Waals surface area contributed by atoms with Gasteiger partial charge >= 0.3 is 5.97 Å². The standard InChI is InChI=1S/C38H72O2/c1-4-7-9-11-13-15-17-19-21-22-24-26-28-30-32-34-36-37(38(39)40-6-3)35-33-31-29-27-25-23-20-18-16-14-12-10-8-5-2/h6,34,36-37H,3-5,7-33,35H2,1-2H3/b36-34+. The van der Waals surface area contributed by atoms with Gasteiger partial charge in [0.2, 0.25) is 0 Å². The second kappa shape index (κ2) is 34.2. The zero-order valence-electron chi connectivity index (χ0n) is 27.5. The first-order valence-electron chi connectivity index (χ1n) is 18.2. The molecule has 0 saturated heterocycles. The molecule has 0 aliphatic heterocycles. The summed E-state index contributed by atoms with van der Waals surface area (Å²) in [5, 5.41) is 0. The average Bonchev–Trinajstić information content (AvgIpc) is 2.96. The lowest BCUT2D eigenvalue weighted by Gasteiger charge is -2.10. The van der Waals surface area contributed by atoms with Crippen molar-refractivity contribution in [2.75, 3.05) is 0 Å². The average molecular weight is 561 g/mol. The van der Waals surface area contributed by atoms with E-state index in [0.717, 1.165) is 19.3 Å². The van der Waals surface area contributed by atoms with Crippen LogP contribution in [0.4, 0.5) is 0 Å². The zero-order valence-corrected chi connectivity index (χ0v) is 27.5. The van der Waals surface area contributed by atoms with Gasteiger partial charge in [-0.1, -0.05) is 206 Å². The number of unbranched alkanes of at least 4 members (excludes halogenated alkanes) is 27. The highest BCUT2D eigenvalue weighted by molar-refractivity contribution is 5.74. The van der Waals surface area contributed by atoms with Crippen LogP contribution in [0, 0.1) is 5.92 Å². The number of hydrogen-bond donors (Lipinski definition) is 0. The minimum Gasteiger partial charge on any atom is -0.435 e. The summed E-state index contributed by atoms with van der Waals surface area (Å²) < 4.78 is 5.13. The van der Waals surface area contributed by atoms with E-state index in [-0.39, 0.29) is 11.9 Å². The molecule has 0 saturated carbocycles. The summed E-state index contributed by atoms with van der Waals surface area (Å²) in [6.45, 7) is 8.14. The van der Waals surface area contributed by atoms with Crippen molar-refractivity contribution in [3.63, 3.8) is 0 Å². The van der Waals surface area contributed by atoms with Crippen LogP contribution in [0.2, 0.25) is 0 Å². The first-order valence-corrected chi connectivity index (χ1v) is 18.2. The monoisotopic (exact) mass is 561 g/mol. The summed E-state index contributed by atoms with van der Waals surface area (Å²) in [5.74, 6) is -0.246. The van der Waals surface area contributed by atoms with Gasteiger partial charge < -0.3 is 4.74 Å². The normalized spacial score (nSPS) is 12.2. The Morgan fingerprint density at radius 3 is 1.20 bits per heavy atom. The van der Waals surface area contributed by atoms with Crippen LogP contribution in [-0.4, -0.2) is 5.97 Å². The summed E-state index contributed by atoms with van der Waals surface area (Å²) in [5.41, 5.74) is 0. The molecule has 0 aromatic carbocycles. The van der Waals surface area contributed by atoms with E-state index >= 15 is 0 Å². The molecule has 0 bridgehead atoms. The molecular formula is C38H72O2. The van der Waals surface area contributed by atoms with Gasteiger partial charge in [0.05, 0.1) is 12.2 Å². The number of esters is 1. The number of carbonyl (C=O) groups excluding carboxylic acids is 1. The first kappa shape index (κ1) is 39.0. The summed E-state index contributed by atoms with van der Waals surface area (Å²) in [6.07, 6.45) is 46.1. The van der Waals surface area contributed by atoms with Crippen LogP contribution in [0.5, 0.6) is 0 Å². The molecule has 2 heteroatoms. The fourth-order valence-electron chi connectivity index (χ4n) is 5.74. The molecule has 2 nitrogen and oxygen atoms in total. The van der Waals surface area contributed by atoms with Crippen molar-refractivity contribution >= 4 is 5.97 Å². The fourth-order valence-corrected chi connectivity index (χ4v) is 5.74. The summed E-state index contributed by atoms with van der Waals surface area (Å²) >= 11 is 0. The minimum absolute atomic E-state index is 0.109. The summed E-state index contributed by atoms with van der Waals surface area (Å²) in [4.78, 5) is 12.4. The Kier molecular flexibility index (Phi) is 33.3. The van der Waals surface area contributed by atoms with Crippen molar-refractivity contribution in [2.45, 2.75) is 206 Å². The quantitative estimate of drug-likeness (QED) is 0.0345. The third-order valence-electron chi connectivity index (χ3n) is 8.46. The van der Waals surface area contributed by atoms with Gasteiger partial charge in [-0.05, 0) is 19.3 Å². The number of allylic oxidation sites excluding steroid dienone is 1. The molecule has 0 aliphatic carbocycles. The Morgan fingerprint density at radius 2 is 0.850 bits per heavy atom. The van der Waals surface area contributed by atoms with Gasteiger partial charge in [0.1, 0.15) is 0 Å². The second-order valence-corrected chi connectivity index (χ2v) is 12.4. The predicted octanol–water partition coefficient (Wildman–Crippen LogP) is 13.6. The Morgan fingerprint density at radius 1 is 0.525 bits per heavy atom. The van der Waals surface area contributed by atoms with Crippen molar-refractivity contribution in [1.29, 1.82) is 0 Å². The molecule has 0 fully saturated rings. The van der Waals surface area contributed by atoms with Crippen LogP contribution < -0.4 is 0 Å². The van der Waals surface area contributed by atoms with E-state index in [0.29, 0.717) is 0 Å². The Labute approximate surface area is 252 Å². The molecule has 0 rings (SSSR count). The fraction of sp³-hybridized carbons (Fsp3) is 0.868. The first-order chi connectivity index (χ1) is 19.8. The molecule has 0 N–H and O–H groups in total. The Hall–Kier alpha value is -1.05.